The molecule has 2 unspecified atom stereocenters. The molecule has 2 atom stereocenters. The number of aryl methyl sites for hydroxylation is 1. The van der Waals surface area contributed by atoms with Crippen LogP contribution in [-0.4, -0.2) is 18.1 Å². The van der Waals surface area contributed by atoms with Gasteiger partial charge < -0.3 is 10.1 Å². The van der Waals surface area contributed by atoms with Crippen LogP contribution in [0.3, 0.4) is 0 Å². The Morgan fingerprint density at radius 3 is 2.82 bits per heavy atom. The number of carbonyl (C=O) groups excluding carboxylic acids is 1. The molecule has 1 heterocycles. The van der Waals surface area contributed by atoms with Gasteiger partial charge in [0.2, 0.25) is 0 Å². The molecule has 1 saturated heterocycles. The number of halogens is 1. The molecule has 1 N–H and O–H groups in total. The van der Waals surface area contributed by atoms with Gasteiger partial charge in [0.1, 0.15) is 6.10 Å². The molecule has 1 aliphatic heterocycles. The van der Waals surface area contributed by atoms with Crippen LogP contribution in [0.5, 0.6) is 0 Å². The van der Waals surface area contributed by atoms with Gasteiger partial charge in [0.05, 0.1) is 6.10 Å². The molecule has 2 rings (SSSR count). The monoisotopic (exact) mass is 297 g/mol. The molecular weight excluding hydrogens is 282 g/mol. The van der Waals surface area contributed by atoms with Crippen molar-refractivity contribution >= 4 is 27.5 Å². The molecule has 4 heteroatoms. The molecule has 0 aliphatic carbocycles. The second kappa shape index (κ2) is 5.19. The third-order valence-corrected chi connectivity index (χ3v) is 3.84. The van der Waals surface area contributed by atoms with Crippen LogP contribution >= 0.6 is 15.9 Å². The maximum Gasteiger partial charge on any atom is 0.253 e. The van der Waals surface area contributed by atoms with E-state index in [2.05, 4.69) is 21.2 Å². The lowest BCUT2D eigenvalue weighted by atomic mass is 10.2. The summed E-state index contributed by atoms with van der Waals surface area (Å²) >= 11 is 3.43. The van der Waals surface area contributed by atoms with E-state index < -0.39 is 0 Å². The van der Waals surface area contributed by atoms with Crippen LogP contribution in [-0.2, 0) is 9.53 Å². The van der Waals surface area contributed by atoms with Crippen LogP contribution in [0.2, 0.25) is 0 Å². The Labute approximate surface area is 110 Å². The first-order valence-corrected chi connectivity index (χ1v) is 6.58. The highest BCUT2D eigenvalue weighted by atomic mass is 79.9. The first kappa shape index (κ1) is 12.6. The van der Waals surface area contributed by atoms with Crippen LogP contribution in [0.25, 0.3) is 0 Å². The molecule has 17 heavy (non-hydrogen) atoms. The lowest BCUT2D eigenvalue weighted by Crippen LogP contribution is -2.27. The topological polar surface area (TPSA) is 38.3 Å². The van der Waals surface area contributed by atoms with E-state index in [0.29, 0.717) is 0 Å². The van der Waals surface area contributed by atoms with Crippen LogP contribution < -0.4 is 5.32 Å². The molecule has 1 amide bonds. The third-order valence-electron chi connectivity index (χ3n) is 2.95. The van der Waals surface area contributed by atoms with E-state index in [1.807, 2.05) is 32.0 Å². The molecule has 1 aromatic carbocycles. The molecule has 0 saturated carbocycles. The molecule has 0 radical (unpaired) electrons. The normalized spacial score (nSPS) is 23.7. The Balaban J connectivity index is 2.00. The number of benzene rings is 1. The number of hydrogen-bond acceptors (Lipinski definition) is 2. The average Bonchev–Trinajstić information content (AvgIpc) is 2.70. The molecule has 0 aromatic heterocycles. The number of rotatable bonds is 2. The van der Waals surface area contributed by atoms with E-state index in [9.17, 15) is 4.79 Å². The Morgan fingerprint density at radius 2 is 2.24 bits per heavy atom. The smallest absolute Gasteiger partial charge is 0.253 e. The summed E-state index contributed by atoms with van der Waals surface area (Å²) in [6.45, 7) is 3.99. The molecule has 92 valence electrons. The Morgan fingerprint density at radius 1 is 1.47 bits per heavy atom. The fraction of sp³-hybridized carbons (Fsp3) is 0.462. The van der Waals surface area contributed by atoms with E-state index in [1.54, 1.807) is 0 Å². The van der Waals surface area contributed by atoms with Gasteiger partial charge in [0.25, 0.3) is 5.91 Å². The van der Waals surface area contributed by atoms with E-state index >= 15 is 0 Å². The lowest BCUT2D eigenvalue weighted by Gasteiger charge is -2.12. The van der Waals surface area contributed by atoms with Crippen molar-refractivity contribution in [2.45, 2.75) is 38.9 Å². The highest BCUT2D eigenvalue weighted by Gasteiger charge is 2.28. The molecule has 0 spiro atoms. The van der Waals surface area contributed by atoms with Crippen molar-refractivity contribution < 1.29 is 9.53 Å². The van der Waals surface area contributed by atoms with Gasteiger partial charge in [-0.3, -0.25) is 4.79 Å². The fourth-order valence-electron chi connectivity index (χ4n) is 1.94. The van der Waals surface area contributed by atoms with Gasteiger partial charge in [0, 0.05) is 10.2 Å². The summed E-state index contributed by atoms with van der Waals surface area (Å²) in [4.78, 5) is 11.9. The largest absolute Gasteiger partial charge is 0.365 e. The van der Waals surface area contributed by atoms with E-state index in [0.717, 1.165) is 28.6 Å². The van der Waals surface area contributed by atoms with Crippen molar-refractivity contribution in [2.75, 3.05) is 5.32 Å². The van der Waals surface area contributed by atoms with E-state index in [4.69, 9.17) is 4.74 Å². The van der Waals surface area contributed by atoms with Crippen molar-refractivity contribution in [3.63, 3.8) is 0 Å². The molecule has 1 aromatic rings. The summed E-state index contributed by atoms with van der Waals surface area (Å²) < 4.78 is 6.57. The summed E-state index contributed by atoms with van der Waals surface area (Å²) in [5, 5.41) is 2.89. The summed E-state index contributed by atoms with van der Waals surface area (Å²) in [5.74, 6) is -0.0453. The molecule has 1 aliphatic rings. The molecule has 0 bridgehead atoms. The van der Waals surface area contributed by atoms with E-state index in [1.165, 1.54) is 0 Å². The number of ether oxygens (including phenoxy) is 1. The quantitative estimate of drug-likeness (QED) is 0.910. The maximum atomic E-state index is 11.9. The van der Waals surface area contributed by atoms with Gasteiger partial charge >= 0.3 is 0 Å². The van der Waals surface area contributed by atoms with Crippen LogP contribution in [0, 0.1) is 6.92 Å². The number of anilines is 1. The molecule has 3 nitrogen and oxygen atoms in total. The van der Waals surface area contributed by atoms with Gasteiger partial charge in [-0.15, -0.1) is 0 Å². The minimum absolute atomic E-state index is 0.0453. The number of amides is 1. The second-order valence-electron chi connectivity index (χ2n) is 4.47. The van der Waals surface area contributed by atoms with Crippen molar-refractivity contribution in [3.8, 4) is 0 Å². The van der Waals surface area contributed by atoms with Crippen molar-refractivity contribution in [1.82, 2.24) is 0 Å². The Kier molecular flexibility index (Phi) is 3.84. The van der Waals surface area contributed by atoms with Crippen molar-refractivity contribution in [1.29, 1.82) is 0 Å². The van der Waals surface area contributed by atoms with Crippen LogP contribution in [0.4, 0.5) is 5.69 Å². The van der Waals surface area contributed by atoms with Crippen molar-refractivity contribution in [2.24, 2.45) is 0 Å². The number of carbonyl (C=O) groups is 1. The SMILES string of the molecule is Cc1cc(NC(=O)C2CCC(C)O2)ccc1Br. The average molecular weight is 298 g/mol. The third kappa shape index (κ3) is 3.07. The molecule has 1 fully saturated rings. The van der Waals surface area contributed by atoms with Crippen LogP contribution in [0.15, 0.2) is 22.7 Å². The number of nitrogens with one attached hydrogen (secondary N) is 1. The fourth-order valence-corrected chi connectivity index (χ4v) is 2.19. The second-order valence-corrected chi connectivity index (χ2v) is 5.32. The highest BCUT2D eigenvalue weighted by Crippen LogP contribution is 2.23. The zero-order valence-electron chi connectivity index (χ0n) is 10.00. The van der Waals surface area contributed by atoms with Gasteiger partial charge in [-0.05, 0) is 50.5 Å². The Hall–Kier alpha value is -0.870. The summed E-state index contributed by atoms with van der Waals surface area (Å²) in [5.41, 5.74) is 1.92. The predicted octanol–water partition coefficient (Wildman–Crippen LogP) is 3.26. The van der Waals surface area contributed by atoms with Gasteiger partial charge in [-0.25, -0.2) is 0 Å². The predicted molar refractivity (Wildman–Crippen MR) is 71.1 cm³/mol. The number of hydrogen-bond donors (Lipinski definition) is 1. The Bertz CT molecular complexity index is 433. The van der Waals surface area contributed by atoms with Crippen LogP contribution in [0.1, 0.15) is 25.3 Å². The minimum atomic E-state index is -0.297. The van der Waals surface area contributed by atoms with E-state index in [-0.39, 0.29) is 18.1 Å². The lowest BCUT2D eigenvalue weighted by molar-refractivity contribution is -0.126. The maximum absolute atomic E-state index is 11.9. The first-order valence-electron chi connectivity index (χ1n) is 5.79. The standard InChI is InChI=1S/C13H16BrNO2/c1-8-7-10(4-5-11(8)14)15-13(16)12-6-3-9(2)17-12/h4-5,7,9,12H,3,6H2,1-2H3,(H,15,16). The summed E-state index contributed by atoms with van der Waals surface area (Å²) in [6.07, 6.45) is 1.66. The highest BCUT2D eigenvalue weighted by molar-refractivity contribution is 9.10. The van der Waals surface area contributed by atoms with Gasteiger partial charge in [0.15, 0.2) is 0 Å². The minimum Gasteiger partial charge on any atom is -0.365 e. The summed E-state index contributed by atoms with van der Waals surface area (Å²) in [6, 6.07) is 5.76. The van der Waals surface area contributed by atoms with Gasteiger partial charge in [-0.2, -0.15) is 0 Å². The zero-order valence-corrected chi connectivity index (χ0v) is 11.6. The van der Waals surface area contributed by atoms with Crippen molar-refractivity contribution in [3.05, 3.63) is 28.2 Å². The summed E-state index contributed by atoms with van der Waals surface area (Å²) in [7, 11) is 0. The zero-order chi connectivity index (χ0) is 12.4. The molecular formula is C13H16BrNO2. The van der Waals surface area contributed by atoms with Gasteiger partial charge in [-0.1, -0.05) is 15.9 Å². The first-order chi connectivity index (χ1) is 8.06.